The third-order valence-corrected chi connectivity index (χ3v) is 11.0. The third-order valence-electron chi connectivity index (χ3n) is 11.0. The van der Waals surface area contributed by atoms with Crippen LogP contribution in [-0.4, -0.2) is 4.98 Å². The molecule has 0 radical (unpaired) electrons. The van der Waals surface area contributed by atoms with Gasteiger partial charge in [0.25, 0.3) is 11.2 Å². The predicted molar refractivity (Wildman–Crippen MR) is 176 cm³/mol. The van der Waals surface area contributed by atoms with E-state index in [-0.39, 0.29) is 11.0 Å². The Balaban J connectivity index is 1.47. The number of pyridine rings is 4. The van der Waals surface area contributed by atoms with Crippen LogP contribution in [0.4, 0.5) is 0 Å². The number of unbranched alkanes of at least 4 members (excludes halogenated alkanes) is 1. The molecule has 1 aliphatic heterocycles. The fraction of sp³-hybridized carbons (Fsp3) is 0.275. The van der Waals surface area contributed by atoms with E-state index >= 15 is 0 Å². The van der Waals surface area contributed by atoms with Gasteiger partial charge in [-0.05, 0) is 67.6 Å². The van der Waals surface area contributed by atoms with E-state index in [1.165, 1.54) is 62.8 Å². The van der Waals surface area contributed by atoms with Crippen LogP contribution in [0.3, 0.4) is 0 Å². The molecular weight excluding hydrogens is 538 g/mol. The summed E-state index contributed by atoms with van der Waals surface area (Å²) in [5, 5.41) is 4.67. The van der Waals surface area contributed by atoms with Gasteiger partial charge in [-0.25, -0.2) is 4.98 Å². The number of rotatable bonds is 5. The molecule has 216 valence electrons. The zero-order chi connectivity index (χ0) is 29.8. The molecule has 4 heteroatoms. The van der Waals surface area contributed by atoms with Gasteiger partial charge < -0.3 is 4.42 Å². The van der Waals surface area contributed by atoms with E-state index in [0.29, 0.717) is 5.71 Å². The van der Waals surface area contributed by atoms with Crippen LogP contribution in [0.5, 0.6) is 0 Å². The Morgan fingerprint density at radius 2 is 1.64 bits per heavy atom. The first kappa shape index (κ1) is 25.9. The maximum absolute atomic E-state index is 6.67. The molecule has 9 rings (SSSR count). The van der Waals surface area contributed by atoms with Gasteiger partial charge >= 0.3 is 0 Å². The smallest absolute Gasteiger partial charge is 0.266 e. The van der Waals surface area contributed by atoms with Crippen molar-refractivity contribution >= 4 is 38.4 Å². The highest BCUT2D eigenvalue weighted by Gasteiger charge is 2.78. The summed E-state index contributed by atoms with van der Waals surface area (Å²) in [6.07, 6.45) is 10.2. The van der Waals surface area contributed by atoms with Crippen LogP contribution in [0.25, 0.3) is 49.6 Å². The van der Waals surface area contributed by atoms with E-state index < -0.39 is 0 Å². The monoisotopic (exact) mass is 575 g/mol. The summed E-state index contributed by atoms with van der Waals surface area (Å²) in [4.78, 5) is 4.78. The molecule has 0 amide bonds. The first-order valence-corrected chi connectivity index (χ1v) is 16.3. The van der Waals surface area contributed by atoms with Crippen LogP contribution >= 0.6 is 0 Å². The van der Waals surface area contributed by atoms with Gasteiger partial charge in [0.05, 0.1) is 16.5 Å². The minimum atomic E-state index is -0.232. The van der Waals surface area contributed by atoms with Crippen molar-refractivity contribution in [2.24, 2.45) is 0 Å². The average Bonchev–Trinajstić information content (AvgIpc) is 3.42. The zero-order valence-electron chi connectivity index (χ0n) is 25.9. The van der Waals surface area contributed by atoms with Crippen molar-refractivity contribution in [2.45, 2.75) is 70.8 Å². The molecule has 2 atom stereocenters. The van der Waals surface area contributed by atoms with Crippen molar-refractivity contribution in [1.29, 1.82) is 0 Å². The van der Waals surface area contributed by atoms with Crippen LogP contribution in [0.15, 0.2) is 95.7 Å². The van der Waals surface area contributed by atoms with E-state index in [1.54, 1.807) is 0 Å². The summed E-state index contributed by atoms with van der Waals surface area (Å²) in [5.74, 6) is 0. The first-order chi connectivity index (χ1) is 21.6. The Morgan fingerprint density at radius 3 is 2.48 bits per heavy atom. The van der Waals surface area contributed by atoms with Crippen LogP contribution in [0.1, 0.15) is 74.5 Å². The highest BCUT2D eigenvalue weighted by Crippen LogP contribution is 2.65. The molecule has 0 bridgehead atoms. The number of aromatic nitrogens is 3. The van der Waals surface area contributed by atoms with Gasteiger partial charge in [-0.1, -0.05) is 51.5 Å². The van der Waals surface area contributed by atoms with Crippen molar-refractivity contribution in [3.05, 3.63) is 119 Å². The van der Waals surface area contributed by atoms with E-state index in [1.807, 2.05) is 6.92 Å². The van der Waals surface area contributed by atoms with Crippen molar-refractivity contribution in [3.63, 3.8) is 0 Å². The molecule has 4 nitrogen and oxygen atoms in total. The number of fused-ring (bicyclic) bond motifs is 18. The van der Waals surface area contributed by atoms with E-state index in [4.69, 9.17) is 9.40 Å². The number of hydrogen-bond acceptors (Lipinski definition) is 2. The fourth-order valence-electron chi connectivity index (χ4n) is 9.23. The molecule has 0 saturated heterocycles. The Morgan fingerprint density at radius 1 is 0.818 bits per heavy atom. The highest BCUT2D eigenvalue weighted by molar-refractivity contribution is 6.19. The maximum atomic E-state index is 6.67. The second-order valence-electron chi connectivity index (χ2n) is 12.9. The van der Waals surface area contributed by atoms with Crippen LogP contribution in [-0.2, 0) is 17.4 Å². The Hall–Kier alpha value is -4.57. The summed E-state index contributed by atoms with van der Waals surface area (Å²) in [5.41, 5.74) is 11.8. The molecular formula is C40H37N3O+2. The summed E-state index contributed by atoms with van der Waals surface area (Å²) < 4.78 is 11.8. The van der Waals surface area contributed by atoms with Crippen molar-refractivity contribution < 1.29 is 13.4 Å². The van der Waals surface area contributed by atoms with Gasteiger partial charge in [0.2, 0.25) is 16.9 Å². The van der Waals surface area contributed by atoms with Gasteiger partial charge in [-0.2, -0.15) is 8.97 Å². The van der Waals surface area contributed by atoms with Crippen molar-refractivity contribution in [1.82, 2.24) is 4.98 Å². The number of hydrogen-bond donors (Lipinski definition) is 0. The van der Waals surface area contributed by atoms with E-state index in [0.717, 1.165) is 41.3 Å². The lowest BCUT2D eigenvalue weighted by molar-refractivity contribution is -0.782. The molecule has 0 saturated carbocycles. The molecule has 0 spiro atoms. The van der Waals surface area contributed by atoms with Crippen molar-refractivity contribution in [3.8, 4) is 11.3 Å². The standard InChI is InChI=1S/C40H37N3O/c1-5-8-13-26-21-23-43-33(24-26)29-14-9-10-15-31(29)39(6-2)35-30-20-19-27-28-18-17-25(4)41-38(28)44-36(27)34(30)32-16-11-12-22-42(32)37(35)40(39,43)7-3/h9-12,14-24H,5-8,13H2,1-4H3/q+2. The van der Waals surface area contributed by atoms with Crippen LogP contribution in [0.2, 0.25) is 0 Å². The first-order valence-electron chi connectivity index (χ1n) is 16.3. The Kier molecular flexibility index (Phi) is 5.28. The lowest BCUT2D eigenvalue weighted by Gasteiger charge is -2.55. The molecule has 6 heterocycles. The molecule has 0 fully saturated rings. The van der Waals surface area contributed by atoms with Gasteiger partial charge in [0.15, 0.2) is 18.0 Å². The topological polar surface area (TPSA) is 34.0 Å². The molecule has 5 aromatic heterocycles. The quantitative estimate of drug-likeness (QED) is 0.152. The minimum Gasteiger partial charge on any atom is -0.437 e. The predicted octanol–water partition coefficient (Wildman–Crippen LogP) is 8.66. The van der Waals surface area contributed by atoms with E-state index in [9.17, 15) is 0 Å². The Labute approximate surface area is 257 Å². The number of nitrogens with zero attached hydrogens (tertiary/aromatic N) is 3. The number of benzene rings is 2. The largest absolute Gasteiger partial charge is 0.437 e. The summed E-state index contributed by atoms with van der Waals surface area (Å²) in [7, 11) is 0. The number of furan rings is 1. The third kappa shape index (κ3) is 2.88. The van der Waals surface area contributed by atoms with Crippen molar-refractivity contribution in [2.75, 3.05) is 0 Å². The normalized spacial score (nSPS) is 20.0. The minimum absolute atomic E-state index is 0.194. The Bertz CT molecular complexity index is 2330. The van der Waals surface area contributed by atoms with Crippen LogP contribution in [0, 0.1) is 6.92 Å². The molecule has 1 aliphatic carbocycles. The second kappa shape index (κ2) is 8.98. The summed E-state index contributed by atoms with van der Waals surface area (Å²) in [6, 6.07) is 29.5. The molecule has 2 aromatic carbocycles. The average molecular weight is 576 g/mol. The van der Waals surface area contributed by atoms with Gasteiger partial charge in [-0.15, -0.1) is 0 Å². The summed E-state index contributed by atoms with van der Waals surface area (Å²) in [6.45, 7) is 9.08. The lowest BCUT2D eigenvalue weighted by atomic mass is 9.45. The number of aryl methyl sites for hydroxylation is 2. The van der Waals surface area contributed by atoms with Crippen LogP contribution < -0.4 is 8.97 Å². The zero-order valence-corrected chi connectivity index (χ0v) is 25.9. The highest BCUT2D eigenvalue weighted by atomic mass is 16.3. The molecule has 7 aromatic rings. The fourth-order valence-corrected chi connectivity index (χ4v) is 9.23. The van der Waals surface area contributed by atoms with Gasteiger partial charge in [0, 0.05) is 52.5 Å². The molecule has 44 heavy (non-hydrogen) atoms. The summed E-state index contributed by atoms with van der Waals surface area (Å²) >= 11 is 0. The molecule has 0 N–H and O–H groups in total. The van der Waals surface area contributed by atoms with E-state index in [2.05, 4.69) is 121 Å². The maximum Gasteiger partial charge on any atom is 0.266 e. The SMILES string of the molecule is CCCCc1cc[n+]2c(c1)-c1ccccc1C1(CC)c3c([n+]4ccccc4c4c3ccc3c5ccc(C)nc5oc34)C21CC. The van der Waals surface area contributed by atoms with Gasteiger partial charge in [-0.3, -0.25) is 0 Å². The molecule has 2 aliphatic rings. The molecule has 2 unspecified atom stereocenters. The second-order valence-corrected chi connectivity index (χ2v) is 12.9. The van der Waals surface area contributed by atoms with Gasteiger partial charge in [0.1, 0.15) is 5.41 Å². The lowest BCUT2D eigenvalue weighted by Crippen LogP contribution is -2.79.